The molecule has 1 amide bonds. The van der Waals surface area contributed by atoms with Crippen molar-refractivity contribution in [3.8, 4) is 0 Å². The standard InChI is InChI=1S/C19H40N2O4/c1-6-20(4)11-13-24-15-17-25-16-14-23-12-9-19(22)21(5)10-7-8-18(2)3/h18H,6-17H2,1-5H3. The van der Waals surface area contributed by atoms with Crippen molar-refractivity contribution >= 4 is 5.91 Å². The maximum atomic E-state index is 11.9. The summed E-state index contributed by atoms with van der Waals surface area (Å²) in [7, 11) is 3.94. The van der Waals surface area contributed by atoms with Gasteiger partial charge in [-0.25, -0.2) is 0 Å². The average molecular weight is 361 g/mol. The molecule has 0 spiro atoms. The highest BCUT2D eigenvalue weighted by molar-refractivity contribution is 5.75. The molecule has 0 aromatic carbocycles. The van der Waals surface area contributed by atoms with E-state index in [0.29, 0.717) is 45.4 Å². The lowest BCUT2D eigenvalue weighted by Gasteiger charge is -2.17. The molecule has 0 aliphatic rings. The molecule has 0 N–H and O–H groups in total. The van der Waals surface area contributed by atoms with Crippen LogP contribution < -0.4 is 0 Å². The first-order chi connectivity index (χ1) is 12.0. The van der Waals surface area contributed by atoms with E-state index in [0.717, 1.165) is 39.1 Å². The molecule has 6 nitrogen and oxygen atoms in total. The zero-order valence-electron chi connectivity index (χ0n) is 17.1. The second-order valence-corrected chi connectivity index (χ2v) is 6.83. The van der Waals surface area contributed by atoms with Crippen LogP contribution in [0.2, 0.25) is 0 Å². The second kappa shape index (κ2) is 16.8. The Morgan fingerprint density at radius 1 is 0.880 bits per heavy atom. The average Bonchev–Trinajstić information content (AvgIpc) is 2.58. The van der Waals surface area contributed by atoms with Crippen LogP contribution in [0, 0.1) is 5.92 Å². The molecule has 0 atom stereocenters. The fourth-order valence-electron chi connectivity index (χ4n) is 2.13. The first kappa shape index (κ1) is 24.3. The Bertz CT molecular complexity index is 314. The van der Waals surface area contributed by atoms with Gasteiger partial charge in [-0.05, 0) is 32.4 Å². The highest BCUT2D eigenvalue weighted by atomic mass is 16.5. The molecule has 25 heavy (non-hydrogen) atoms. The summed E-state index contributed by atoms with van der Waals surface area (Å²) < 4.78 is 16.4. The highest BCUT2D eigenvalue weighted by Crippen LogP contribution is 2.04. The topological polar surface area (TPSA) is 51.2 Å². The third-order valence-electron chi connectivity index (χ3n) is 4.06. The number of hydrogen-bond acceptors (Lipinski definition) is 5. The monoisotopic (exact) mass is 360 g/mol. The maximum absolute atomic E-state index is 11.9. The van der Waals surface area contributed by atoms with Crippen molar-refractivity contribution in [2.75, 3.05) is 73.4 Å². The van der Waals surface area contributed by atoms with Crippen LogP contribution in [0.15, 0.2) is 0 Å². The van der Waals surface area contributed by atoms with Gasteiger partial charge in [-0.15, -0.1) is 0 Å². The summed E-state index contributed by atoms with van der Waals surface area (Å²) in [5.74, 6) is 0.838. The summed E-state index contributed by atoms with van der Waals surface area (Å²) in [6.07, 6.45) is 2.65. The first-order valence-corrected chi connectivity index (χ1v) is 9.63. The molecule has 0 fully saturated rings. The SMILES string of the molecule is CCN(C)CCOCCOCCOCCC(=O)N(C)CCCC(C)C. The molecule has 0 aliphatic carbocycles. The van der Waals surface area contributed by atoms with Crippen LogP contribution in [0.4, 0.5) is 0 Å². The van der Waals surface area contributed by atoms with E-state index >= 15 is 0 Å². The number of rotatable bonds is 17. The Labute approximate surface area is 154 Å². The molecule has 6 heteroatoms. The van der Waals surface area contributed by atoms with Crippen molar-refractivity contribution in [1.29, 1.82) is 0 Å². The zero-order chi connectivity index (χ0) is 18.9. The largest absolute Gasteiger partial charge is 0.379 e. The lowest BCUT2D eigenvalue weighted by molar-refractivity contribution is -0.131. The number of likely N-dealkylation sites (N-methyl/N-ethyl adjacent to an activating group) is 1. The van der Waals surface area contributed by atoms with Crippen LogP contribution in [-0.2, 0) is 19.0 Å². The molecule has 0 aliphatic heterocycles. The van der Waals surface area contributed by atoms with Gasteiger partial charge >= 0.3 is 0 Å². The van der Waals surface area contributed by atoms with E-state index in [4.69, 9.17) is 14.2 Å². The Kier molecular flexibility index (Phi) is 16.3. The van der Waals surface area contributed by atoms with Crippen LogP contribution in [0.5, 0.6) is 0 Å². The zero-order valence-corrected chi connectivity index (χ0v) is 17.1. The van der Waals surface area contributed by atoms with E-state index < -0.39 is 0 Å². The normalized spacial score (nSPS) is 11.5. The summed E-state index contributed by atoms with van der Waals surface area (Å²) >= 11 is 0. The van der Waals surface area contributed by atoms with E-state index in [2.05, 4.69) is 32.7 Å². The molecular weight excluding hydrogens is 320 g/mol. The van der Waals surface area contributed by atoms with Gasteiger partial charge in [-0.1, -0.05) is 20.8 Å². The summed E-state index contributed by atoms with van der Waals surface area (Å²) in [5.41, 5.74) is 0. The quantitative estimate of drug-likeness (QED) is 0.373. The molecule has 0 saturated carbocycles. The lowest BCUT2D eigenvalue weighted by atomic mass is 10.1. The van der Waals surface area contributed by atoms with E-state index in [1.165, 1.54) is 0 Å². The minimum absolute atomic E-state index is 0.148. The van der Waals surface area contributed by atoms with Gasteiger partial charge in [0.2, 0.25) is 5.91 Å². The minimum Gasteiger partial charge on any atom is -0.379 e. The van der Waals surface area contributed by atoms with Crippen molar-refractivity contribution in [3.05, 3.63) is 0 Å². The fraction of sp³-hybridized carbons (Fsp3) is 0.947. The molecule has 0 rings (SSSR count). The number of amides is 1. The van der Waals surface area contributed by atoms with Gasteiger partial charge in [0.05, 0.1) is 46.1 Å². The van der Waals surface area contributed by atoms with Crippen molar-refractivity contribution in [3.63, 3.8) is 0 Å². The van der Waals surface area contributed by atoms with Crippen LogP contribution in [-0.4, -0.2) is 89.1 Å². The van der Waals surface area contributed by atoms with E-state index in [1.807, 2.05) is 7.05 Å². The smallest absolute Gasteiger partial charge is 0.224 e. The third kappa shape index (κ3) is 16.5. The molecular formula is C19H40N2O4. The van der Waals surface area contributed by atoms with E-state index in [9.17, 15) is 4.79 Å². The summed E-state index contributed by atoms with van der Waals surface area (Å²) in [6, 6.07) is 0. The highest BCUT2D eigenvalue weighted by Gasteiger charge is 2.08. The summed E-state index contributed by atoms with van der Waals surface area (Å²) in [6.45, 7) is 12.8. The Morgan fingerprint density at radius 3 is 2.00 bits per heavy atom. The van der Waals surface area contributed by atoms with Gasteiger partial charge in [0.1, 0.15) is 0 Å². The van der Waals surface area contributed by atoms with Crippen LogP contribution in [0.3, 0.4) is 0 Å². The Hall–Kier alpha value is -0.690. The molecule has 0 saturated heterocycles. The molecule has 150 valence electrons. The van der Waals surface area contributed by atoms with E-state index in [1.54, 1.807) is 4.90 Å². The molecule has 0 unspecified atom stereocenters. The molecule has 0 bridgehead atoms. The van der Waals surface area contributed by atoms with E-state index in [-0.39, 0.29) is 5.91 Å². The number of nitrogens with zero attached hydrogens (tertiary/aromatic N) is 2. The maximum Gasteiger partial charge on any atom is 0.224 e. The fourth-order valence-corrected chi connectivity index (χ4v) is 2.13. The molecule has 0 aromatic rings. The van der Waals surface area contributed by atoms with Crippen molar-refractivity contribution < 1.29 is 19.0 Å². The molecule has 0 heterocycles. The minimum atomic E-state index is 0.148. The third-order valence-corrected chi connectivity index (χ3v) is 4.06. The van der Waals surface area contributed by atoms with Crippen molar-refractivity contribution in [2.45, 2.75) is 40.0 Å². The van der Waals surface area contributed by atoms with Gasteiger partial charge in [0.15, 0.2) is 0 Å². The first-order valence-electron chi connectivity index (χ1n) is 9.63. The Balaban J connectivity index is 3.33. The van der Waals surface area contributed by atoms with Gasteiger partial charge in [0.25, 0.3) is 0 Å². The van der Waals surface area contributed by atoms with Crippen LogP contribution in [0.1, 0.15) is 40.0 Å². The number of ether oxygens (including phenoxy) is 3. The molecule has 0 aromatic heterocycles. The number of carbonyl (C=O) groups is 1. The Morgan fingerprint density at radius 2 is 1.44 bits per heavy atom. The summed E-state index contributed by atoms with van der Waals surface area (Å²) in [4.78, 5) is 15.9. The lowest BCUT2D eigenvalue weighted by Crippen LogP contribution is -2.28. The van der Waals surface area contributed by atoms with Crippen LogP contribution in [0.25, 0.3) is 0 Å². The number of carbonyl (C=O) groups excluding carboxylic acids is 1. The second-order valence-electron chi connectivity index (χ2n) is 6.83. The number of hydrogen-bond donors (Lipinski definition) is 0. The molecule has 0 radical (unpaired) electrons. The van der Waals surface area contributed by atoms with Crippen molar-refractivity contribution in [2.24, 2.45) is 5.92 Å². The van der Waals surface area contributed by atoms with Crippen molar-refractivity contribution in [1.82, 2.24) is 9.80 Å². The predicted molar refractivity (Wildman–Crippen MR) is 102 cm³/mol. The predicted octanol–water partition coefficient (Wildman–Crippen LogP) is 2.27. The van der Waals surface area contributed by atoms with Crippen LogP contribution >= 0.6 is 0 Å². The summed E-state index contributed by atoms with van der Waals surface area (Å²) in [5, 5.41) is 0. The van der Waals surface area contributed by atoms with Gasteiger partial charge in [-0.2, -0.15) is 0 Å². The van der Waals surface area contributed by atoms with Gasteiger partial charge < -0.3 is 24.0 Å². The van der Waals surface area contributed by atoms with Gasteiger partial charge in [-0.3, -0.25) is 4.79 Å². The van der Waals surface area contributed by atoms with Gasteiger partial charge in [0, 0.05) is 20.1 Å².